The molecule has 0 aliphatic carbocycles. The number of hydrogen-bond donors (Lipinski definition) is 2. The van der Waals surface area contributed by atoms with Gasteiger partial charge in [-0.1, -0.05) is 30.3 Å². The molecule has 0 radical (unpaired) electrons. The van der Waals surface area contributed by atoms with Gasteiger partial charge in [-0.3, -0.25) is 0 Å². The summed E-state index contributed by atoms with van der Waals surface area (Å²) in [5, 5.41) is 18.3. The van der Waals surface area contributed by atoms with E-state index in [0.717, 1.165) is 12.0 Å². The Morgan fingerprint density at radius 3 is 2.47 bits per heavy atom. The average molecular weight is 258 g/mol. The van der Waals surface area contributed by atoms with Crippen LogP contribution in [0.25, 0.3) is 0 Å². The minimum absolute atomic E-state index is 0.129. The van der Waals surface area contributed by atoms with Crippen molar-refractivity contribution in [3.05, 3.63) is 59.7 Å². The summed E-state index contributed by atoms with van der Waals surface area (Å²) in [6, 6.07) is 14.1. The van der Waals surface area contributed by atoms with Crippen molar-refractivity contribution in [3.8, 4) is 11.5 Å². The molecule has 2 aromatic rings. The molecule has 98 valence electrons. The summed E-state index contributed by atoms with van der Waals surface area (Å²) in [5.41, 5.74) is 1.03. The largest absolute Gasteiger partial charge is 0.507 e. The summed E-state index contributed by atoms with van der Waals surface area (Å²) in [6.07, 6.45) is 0.752. The fourth-order valence-electron chi connectivity index (χ4n) is 1.71. The lowest BCUT2D eigenvalue weighted by Gasteiger charge is -2.07. The highest BCUT2D eigenvalue weighted by Crippen LogP contribution is 2.23. The van der Waals surface area contributed by atoms with Gasteiger partial charge in [0.2, 0.25) is 0 Å². The topological polar surface area (TPSA) is 66.8 Å². The van der Waals surface area contributed by atoms with Crippen LogP contribution in [0, 0.1) is 0 Å². The summed E-state index contributed by atoms with van der Waals surface area (Å²) in [6.45, 7) is 0.468. The van der Waals surface area contributed by atoms with Crippen LogP contribution in [0.2, 0.25) is 0 Å². The molecule has 0 unspecified atom stereocenters. The first-order valence-electron chi connectivity index (χ1n) is 5.90. The van der Waals surface area contributed by atoms with E-state index >= 15 is 0 Å². The van der Waals surface area contributed by atoms with Gasteiger partial charge in [-0.15, -0.1) is 0 Å². The Morgan fingerprint density at radius 2 is 1.84 bits per heavy atom. The van der Waals surface area contributed by atoms with Gasteiger partial charge in [0.15, 0.2) is 0 Å². The third-order valence-corrected chi connectivity index (χ3v) is 2.70. The molecule has 0 amide bonds. The second kappa shape index (κ2) is 5.91. The summed E-state index contributed by atoms with van der Waals surface area (Å²) in [7, 11) is 0. The van der Waals surface area contributed by atoms with Crippen molar-refractivity contribution in [3.63, 3.8) is 0 Å². The van der Waals surface area contributed by atoms with E-state index in [1.165, 1.54) is 18.2 Å². The quantitative estimate of drug-likeness (QED) is 0.865. The Hall–Kier alpha value is -2.49. The minimum Gasteiger partial charge on any atom is -0.507 e. The lowest BCUT2D eigenvalue weighted by atomic mass is 10.2. The predicted molar refractivity (Wildman–Crippen MR) is 70.7 cm³/mol. The molecule has 0 aliphatic rings. The fourth-order valence-corrected chi connectivity index (χ4v) is 1.71. The molecule has 19 heavy (non-hydrogen) atoms. The summed E-state index contributed by atoms with van der Waals surface area (Å²) < 4.78 is 5.47. The molecule has 0 aliphatic heterocycles. The zero-order valence-electron chi connectivity index (χ0n) is 10.2. The Bertz CT molecular complexity index is 564. The number of aromatic hydroxyl groups is 1. The van der Waals surface area contributed by atoms with Gasteiger partial charge in [0.25, 0.3) is 0 Å². The van der Waals surface area contributed by atoms with Crippen LogP contribution in [0.3, 0.4) is 0 Å². The monoisotopic (exact) mass is 258 g/mol. The number of carbonyl (C=O) groups is 1. The molecule has 2 N–H and O–H groups in total. The number of aromatic carboxylic acids is 1. The molecule has 0 bridgehead atoms. The lowest BCUT2D eigenvalue weighted by Crippen LogP contribution is -2.02. The van der Waals surface area contributed by atoms with Crippen molar-refractivity contribution >= 4 is 5.97 Å². The number of rotatable bonds is 5. The van der Waals surface area contributed by atoms with Crippen LogP contribution in [-0.4, -0.2) is 22.8 Å². The first kappa shape index (κ1) is 13.0. The Morgan fingerprint density at radius 1 is 1.11 bits per heavy atom. The third-order valence-electron chi connectivity index (χ3n) is 2.70. The van der Waals surface area contributed by atoms with Gasteiger partial charge in [0.05, 0.1) is 6.61 Å². The molecule has 0 spiro atoms. The molecule has 0 saturated carbocycles. The highest BCUT2D eigenvalue weighted by molar-refractivity contribution is 5.90. The number of carboxylic acids is 1. The van der Waals surface area contributed by atoms with Crippen molar-refractivity contribution in [1.29, 1.82) is 0 Å². The van der Waals surface area contributed by atoms with Crippen LogP contribution in [0.5, 0.6) is 11.5 Å². The van der Waals surface area contributed by atoms with Gasteiger partial charge in [-0.2, -0.15) is 0 Å². The molecule has 4 nitrogen and oxygen atoms in total. The summed E-state index contributed by atoms with van der Waals surface area (Å²) in [5.74, 6) is -0.989. The predicted octanol–water partition coefficient (Wildman–Crippen LogP) is 2.71. The molecule has 4 heteroatoms. The number of carboxylic acid groups (broad SMARTS) is 1. The normalized spacial score (nSPS) is 10.1. The van der Waals surface area contributed by atoms with Gasteiger partial charge in [0.1, 0.15) is 17.1 Å². The van der Waals surface area contributed by atoms with E-state index in [0.29, 0.717) is 12.4 Å². The Balaban J connectivity index is 1.93. The maximum Gasteiger partial charge on any atom is 0.339 e. The fraction of sp³-hybridized carbons (Fsp3) is 0.133. The molecule has 0 heterocycles. The van der Waals surface area contributed by atoms with E-state index in [9.17, 15) is 9.90 Å². The maximum atomic E-state index is 10.7. The second-order valence-corrected chi connectivity index (χ2v) is 4.07. The van der Waals surface area contributed by atoms with E-state index in [1.54, 1.807) is 0 Å². The van der Waals surface area contributed by atoms with Gasteiger partial charge in [-0.25, -0.2) is 4.79 Å². The van der Waals surface area contributed by atoms with Crippen LogP contribution in [0.15, 0.2) is 48.5 Å². The van der Waals surface area contributed by atoms with Gasteiger partial charge in [-0.05, 0) is 17.7 Å². The number of phenols is 1. The standard InChI is InChI=1S/C15H14O4/c16-14-10-12(6-7-13(14)15(17)18)19-9-8-11-4-2-1-3-5-11/h1-7,10,16H,8-9H2,(H,17,18). The summed E-state index contributed by atoms with van der Waals surface area (Å²) in [4.78, 5) is 10.7. The third kappa shape index (κ3) is 3.48. The van der Waals surface area contributed by atoms with Gasteiger partial charge < -0.3 is 14.9 Å². The lowest BCUT2D eigenvalue weighted by molar-refractivity contribution is 0.0693. The van der Waals surface area contributed by atoms with Crippen molar-refractivity contribution in [2.45, 2.75) is 6.42 Å². The van der Waals surface area contributed by atoms with Crippen LogP contribution in [0.1, 0.15) is 15.9 Å². The number of hydrogen-bond acceptors (Lipinski definition) is 3. The van der Waals surface area contributed by atoms with E-state index in [2.05, 4.69) is 0 Å². The van der Waals surface area contributed by atoms with Crippen molar-refractivity contribution in [1.82, 2.24) is 0 Å². The number of benzene rings is 2. The van der Waals surface area contributed by atoms with Crippen LogP contribution in [0.4, 0.5) is 0 Å². The molecule has 2 rings (SSSR count). The molecular formula is C15H14O4. The highest BCUT2D eigenvalue weighted by Gasteiger charge is 2.09. The Labute approximate surface area is 110 Å². The SMILES string of the molecule is O=C(O)c1ccc(OCCc2ccccc2)cc1O. The molecular weight excluding hydrogens is 244 g/mol. The summed E-state index contributed by atoms with van der Waals surface area (Å²) >= 11 is 0. The van der Waals surface area contributed by atoms with E-state index in [1.807, 2.05) is 30.3 Å². The molecule has 0 fully saturated rings. The van der Waals surface area contributed by atoms with Gasteiger partial charge >= 0.3 is 5.97 Å². The zero-order chi connectivity index (χ0) is 13.7. The first-order chi connectivity index (χ1) is 9.16. The van der Waals surface area contributed by atoms with Crippen LogP contribution >= 0.6 is 0 Å². The van der Waals surface area contributed by atoms with Crippen LogP contribution < -0.4 is 4.74 Å². The Kier molecular flexibility index (Phi) is 4.03. The van der Waals surface area contributed by atoms with Crippen molar-refractivity contribution < 1.29 is 19.7 Å². The molecule has 0 aromatic heterocycles. The second-order valence-electron chi connectivity index (χ2n) is 4.07. The zero-order valence-corrected chi connectivity index (χ0v) is 10.2. The smallest absolute Gasteiger partial charge is 0.339 e. The molecule has 0 saturated heterocycles. The average Bonchev–Trinajstić information content (AvgIpc) is 2.39. The molecule has 0 atom stereocenters. The molecule has 2 aromatic carbocycles. The van der Waals surface area contributed by atoms with E-state index in [4.69, 9.17) is 9.84 Å². The highest BCUT2D eigenvalue weighted by atomic mass is 16.5. The first-order valence-corrected chi connectivity index (χ1v) is 5.90. The van der Waals surface area contributed by atoms with Crippen molar-refractivity contribution in [2.75, 3.05) is 6.61 Å². The van der Waals surface area contributed by atoms with E-state index < -0.39 is 5.97 Å². The van der Waals surface area contributed by atoms with E-state index in [-0.39, 0.29) is 11.3 Å². The van der Waals surface area contributed by atoms with Crippen LogP contribution in [-0.2, 0) is 6.42 Å². The number of ether oxygens (including phenoxy) is 1. The van der Waals surface area contributed by atoms with Gasteiger partial charge in [0, 0.05) is 12.5 Å². The minimum atomic E-state index is -1.16. The van der Waals surface area contributed by atoms with Crippen molar-refractivity contribution in [2.24, 2.45) is 0 Å². The maximum absolute atomic E-state index is 10.7.